The smallest absolute Gasteiger partial charge is 0.519 e. The number of alkyl halides is 3. The van der Waals surface area contributed by atoms with E-state index >= 15 is 0 Å². The molecule has 4 unspecified atom stereocenters. The molecule has 5 fully saturated rings. The number of nitrogens with zero attached hydrogens (tertiary/aromatic N) is 3. The zero-order valence-corrected chi connectivity index (χ0v) is 26.8. The normalized spacial score (nSPS) is 37.8. The Kier molecular flexibility index (Phi) is 7.61. The standard InChI is InChI=1S/C29H38F3N4S.K/c1-27(31,32)25-15-33-26(35(25)2)29-10-8-28(16-29,9-11-29)17-36(24-14-23(30)21-13-22(21)24)19-4-3-5-20(12-19)37-34-18-6-7-18;/h3-5,12,18,21-23,25,34H,6-11,13-17H2,1-2H3;/q-1;+1. The van der Waals surface area contributed by atoms with E-state index in [4.69, 9.17) is 4.99 Å². The minimum absolute atomic E-state index is 0. The van der Waals surface area contributed by atoms with E-state index in [9.17, 15) is 13.2 Å². The van der Waals surface area contributed by atoms with Crippen molar-refractivity contribution in [2.24, 2.45) is 27.7 Å². The van der Waals surface area contributed by atoms with Crippen LogP contribution in [0.5, 0.6) is 0 Å². The van der Waals surface area contributed by atoms with Crippen molar-refractivity contribution in [3.8, 4) is 0 Å². The van der Waals surface area contributed by atoms with E-state index in [0.717, 1.165) is 57.8 Å². The molecule has 4 nitrogen and oxygen atoms in total. The summed E-state index contributed by atoms with van der Waals surface area (Å²) in [6.45, 7) is 2.10. The summed E-state index contributed by atoms with van der Waals surface area (Å²) < 4.78 is 46.8. The van der Waals surface area contributed by atoms with Crippen molar-refractivity contribution < 1.29 is 64.6 Å². The fraction of sp³-hybridized carbons (Fsp3) is 0.724. The van der Waals surface area contributed by atoms with E-state index in [-0.39, 0.29) is 74.7 Å². The maximum Gasteiger partial charge on any atom is 1.00 e. The fourth-order valence-electron chi connectivity index (χ4n) is 8.02. The van der Waals surface area contributed by atoms with E-state index in [0.29, 0.717) is 18.4 Å². The second-order valence-corrected chi connectivity index (χ2v) is 13.9. The van der Waals surface area contributed by atoms with Crippen LogP contribution < -0.4 is 61.0 Å². The second kappa shape index (κ2) is 10.2. The molecule has 5 saturated carbocycles. The van der Waals surface area contributed by atoms with Gasteiger partial charge in [0, 0.05) is 36.0 Å². The van der Waals surface area contributed by atoms with Gasteiger partial charge in [-0.1, -0.05) is 12.5 Å². The van der Waals surface area contributed by atoms with Crippen molar-refractivity contribution in [1.29, 1.82) is 0 Å². The molecular weight excluding hydrogens is 533 g/mol. The number of nitrogens with one attached hydrogen (secondary N) is 1. The first kappa shape index (κ1) is 28.4. The Labute approximate surface area is 271 Å². The Bertz CT molecular complexity index is 1080. The van der Waals surface area contributed by atoms with Gasteiger partial charge < -0.3 is 9.80 Å². The van der Waals surface area contributed by atoms with Crippen molar-refractivity contribution in [3.63, 3.8) is 0 Å². The molecule has 0 saturated heterocycles. The number of rotatable bonds is 9. The number of amidine groups is 1. The molecule has 6 aliphatic rings. The molecule has 0 amide bonds. The first-order valence-corrected chi connectivity index (χ1v) is 14.9. The van der Waals surface area contributed by atoms with Crippen LogP contribution in [0.4, 0.5) is 18.9 Å². The molecule has 5 aliphatic carbocycles. The topological polar surface area (TPSA) is 30.9 Å². The molecule has 38 heavy (non-hydrogen) atoms. The Morgan fingerprint density at radius 1 is 1.24 bits per heavy atom. The van der Waals surface area contributed by atoms with Gasteiger partial charge in [-0.25, -0.2) is 14.8 Å². The first-order chi connectivity index (χ1) is 17.7. The van der Waals surface area contributed by atoms with Crippen LogP contribution in [0.3, 0.4) is 0 Å². The van der Waals surface area contributed by atoms with E-state index in [2.05, 4.69) is 33.9 Å². The zero-order chi connectivity index (χ0) is 25.6. The van der Waals surface area contributed by atoms with Crippen LogP contribution in [-0.2, 0) is 0 Å². The van der Waals surface area contributed by atoms with Gasteiger partial charge in [-0.3, -0.25) is 14.1 Å². The van der Waals surface area contributed by atoms with Crippen molar-refractivity contribution in [3.05, 3.63) is 30.3 Å². The molecule has 2 bridgehead atoms. The van der Waals surface area contributed by atoms with Gasteiger partial charge >= 0.3 is 51.4 Å². The number of fused-ring (bicyclic) bond motifs is 3. The maximum absolute atomic E-state index is 14.8. The molecular formula is C29H38F3KN4S. The average molecular weight is 571 g/mol. The van der Waals surface area contributed by atoms with Crippen molar-refractivity contribution in [2.75, 3.05) is 25.0 Å². The Balaban J connectivity index is 0.00000264. The van der Waals surface area contributed by atoms with Crippen LogP contribution in [0.1, 0.15) is 64.7 Å². The molecule has 0 spiro atoms. The molecule has 0 radical (unpaired) electrons. The number of hydrogen-bond donors (Lipinski definition) is 1. The van der Waals surface area contributed by atoms with Crippen LogP contribution in [0.25, 0.3) is 0 Å². The van der Waals surface area contributed by atoms with Crippen molar-refractivity contribution in [2.45, 2.75) is 93.8 Å². The summed E-state index contributed by atoms with van der Waals surface area (Å²) >= 11 is 1.71. The third-order valence-corrected chi connectivity index (χ3v) is 11.2. The number of hydrogen-bond acceptors (Lipinski definition) is 5. The van der Waals surface area contributed by atoms with Crippen LogP contribution in [0, 0.1) is 28.7 Å². The fourth-order valence-corrected chi connectivity index (χ4v) is 8.88. The zero-order valence-electron chi connectivity index (χ0n) is 22.9. The number of likely N-dealkylation sites (N-methyl/N-ethyl adjacent to an activating group) is 1. The van der Waals surface area contributed by atoms with Crippen molar-refractivity contribution in [1.82, 2.24) is 9.62 Å². The van der Waals surface area contributed by atoms with Gasteiger partial charge in [-0.05, 0) is 93.0 Å². The summed E-state index contributed by atoms with van der Waals surface area (Å²) in [5.41, 5.74) is 1.21. The molecule has 1 aromatic rings. The number of aliphatic imine (C=N–C) groups is 1. The summed E-state index contributed by atoms with van der Waals surface area (Å²) in [6, 6.07) is 9.82. The Morgan fingerprint density at radius 2 is 2.00 bits per heavy atom. The molecule has 1 heterocycles. The van der Waals surface area contributed by atoms with Crippen LogP contribution in [-0.4, -0.2) is 55.1 Å². The summed E-state index contributed by atoms with van der Waals surface area (Å²) in [7, 11) is 1.81. The quantitative estimate of drug-likeness (QED) is 0.280. The van der Waals surface area contributed by atoms with Gasteiger partial charge in [0.2, 0.25) is 0 Å². The molecule has 7 rings (SSSR count). The predicted octanol–water partition coefficient (Wildman–Crippen LogP) is 3.48. The van der Waals surface area contributed by atoms with E-state index in [1.165, 1.54) is 29.5 Å². The van der Waals surface area contributed by atoms with Gasteiger partial charge in [0.05, 0.1) is 12.7 Å². The van der Waals surface area contributed by atoms with E-state index in [1.54, 1.807) is 16.8 Å². The minimum Gasteiger partial charge on any atom is -0.519 e. The third kappa shape index (κ3) is 5.06. The number of halogens is 3. The summed E-state index contributed by atoms with van der Waals surface area (Å²) in [4.78, 5) is 10.2. The molecule has 4 atom stereocenters. The SMILES string of the molecule is CN1C(C23CCC(CN(c4cccc(SNC5CC5)c4)[C-]4CC(F)C5CC45)(CC2)C3)=NCC1C(C)(F)F.[K+]. The Morgan fingerprint density at radius 3 is 2.61 bits per heavy atom. The van der Waals surface area contributed by atoms with Gasteiger partial charge in [-0.15, -0.1) is 12.3 Å². The van der Waals surface area contributed by atoms with E-state index in [1.807, 2.05) is 7.05 Å². The Hall–Kier alpha value is 0.226. The maximum atomic E-state index is 14.8. The third-order valence-electron chi connectivity index (χ3n) is 10.3. The van der Waals surface area contributed by atoms with Gasteiger partial charge in [0.1, 0.15) is 11.9 Å². The van der Waals surface area contributed by atoms with Crippen LogP contribution in [0.15, 0.2) is 34.2 Å². The molecule has 9 heteroatoms. The molecule has 1 aliphatic heterocycles. The predicted molar refractivity (Wildman–Crippen MR) is 143 cm³/mol. The molecule has 202 valence electrons. The summed E-state index contributed by atoms with van der Waals surface area (Å²) in [6.07, 6.45) is 8.52. The summed E-state index contributed by atoms with van der Waals surface area (Å²) in [5.74, 6) is -1.25. The largest absolute Gasteiger partial charge is 1.00 e. The van der Waals surface area contributed by atoms with Gasteiger partial charge in [0.15, 0.2) is 0 Å². The van der Waals surface area contributed by atoms with Crippen LogP contribution in [0.2, 0.25) is 0 Å². The molecule has 0 aromatic heterocycles. The van der Waals surface area contributed by atoms with Gasteiger partial charge in [-0.2, -0.15) is 0 Å². The monoisotopic (exact) mass is 570 g/mol. The van der Waals surface area contributed by atoms with Gasteiger partial charge in [0.25, 0.3) is 5.92 Å². The van der Waals surface area contributed by atoms with E-state index < -0.39 is 18.1 Å². The molecule has 1 N–H and O–H groups in total. The minimum atomic E-state index is -2.76. The van der Waals surface area contributed by atoms with Crippen LogP contribution >= 0.6 is 11.9 Å². The first-order valence-electron chi connectivity index (χ1n) is 14.1. The second-order valence-electron chi connectivity index (χ2n) is 13.0. The average Bonchev–Trinajstić information content (AvgIpc) is 3.72. The summed E-state index contributed by atoms with van der Waals surface area (Å²) in [5, 5.41) is 0. The molecule has 1 aromatic carbocycles. The van der Waals surface area contributed by atoms with Crippen molar-refractivity contribution >= 4 is 23.5 Å². The number of benzene rings is 1. The number of anilines is 1.